The van der Waals surface area contributed by atoms with Gasteiger partial charge in [-0.05, 0) is 19.4 Å². The van der Waals surface area contributed by atoms with Crippen LogP contribution in [-0.2, 0) is 0 Å². The Kier molecular flexibility index (Phi) is 5.64. The molecular weight excluding hydrogens is 126 g/mol. The molecule has 2 unspecified atom stereocenters. The molecule has 0 saturated heterocycles. The molecule has 0 aromatic rings. The second-order valence-electron chi connectivity index (χ2n) is 2.79. The van der Waals surface area contributed by atoms with Crippen LogP contribution in [0, 0.1) is 5.92 Å². The van der Waals surface area contributed by atoms with Crippen molar-refractivity contribution in [2.24, 2.45) is 5.92 Å². The fraction of sp³-hybridized carbons (Fsp3) is 1.00. The molecule has 0 radical (unpaired) electrons. The van der Waals surface area contributed by atoms with E-state index in [9.17, 15) is 0 Å². The highest BCUT2D eigenvalue weighted by Crippen LogP contribution is 2.09. The fourth-order valence-corrected chi connectivity index (χ4v) is 1.14. The SMILES string of the molecule is CCC(C)C(CCO)NC. The maximum absolute atomic E-state index is 8.67. The van der Waals surface area contributed by atoms with E-state index >= 15 is 0 Å². The molecule has 0 aromatic heterocycles. The summed E-state index contributed by atoms with van der Waals surface area (Å²) in [5.41, 5.74) is 0. The van der Waals surface area contributed by atoms with E-state index in [1.165, 1.54) is 6.42 Å². The number of rotatable bonds is 5. The molecule has 0 amide bonds. The normalized spacial score (nSPS) is 16.8. The predicted octanol–water partition coefficient (Wildman–Crippen LogP) is 1.00. The average molecular weight is 145 g/mol. The Morgan fingerprint density at radius 2 is 2.10 bits per heavy atom. The van der Waals surface area contributed by atoms with Gasteiger partial charge in [-0.2, -0.15) is 0 Å². The van der Waals surface area contributed by atoms with Crippen LogP contribution in [0.3, 0.4) is 0 Å². The summed E-state index contributed by atoms with van der Waals surface area (Å²) in [7, 11) is 1.95. The van der Waals surface area contributed by atoms with Gasteiger partial charge in [-0.25, -0.2) is 0 Å². The minimum atomic E-state index is 0.288. The van der Waals surface area contributed by atoms with Gasteiger partial charge in [0.15, 0.2) is 0 Å². The van der Waals surface area contributed by atoms with Crippen molar-refractivity contribution < 1.29 is 5.11 Å². The van der Waals surface area contributed by atoms with Gasteiger partial charge in [0, 0.05) is 12.6 Å². The van der Waals surface area contributed by atoms with Crippen LogP contribution >= 0.6 is 0 Å². The molecule has 0 aliphatic rings. The van der Waals surface area contributed by atoms with Gasteiger partial charge >= 0.3 is 0 Å². The molecule has 0 saturated carbocycles. The summed E-state index contributed by atoms with van der Waals surface area (Å²) in [5, 5.41) is 11.9. The molecule has 2 heteroatoms. The van der Waals surface area contributed by atoms with Crippen molar-refractivity contribution in [3.05, 3.63) is 0 Å². The standard InChI is InChI=1S/C8H19NO/c1-4-7(2)8(9-3)5-6-10/h7-10H,4-6H2,1-3H3. The fourth-order valence-electron chi connectivity index (χ4n) is 1.14. The number of hydrogen-bond donors (Lipinski definition) is 2. The van der Waals surface area contributed by atoms with Crippen molar-refractivity contribution in [1.82, 2.24) is 5.32 Å². The van der Waals surface area contributed by atoms with Gasteiger partial charge in [0.25, 0.3) is 0 Å². The second kappa shape index (κ2) is 5.69. The first-order valence-corrected chi connectivity index (χ1v) is 4.04. The summed E-state index contributed by atoms with van der Waals surface area (Å²) in [6.07, 6.45) is 2.04. The number of aliphatic hydroxyl groups excluding tert-OH is 1. The minimum Gasteiger partial charge on any atom is -0.396 e. The Bertz CT molecular complexity index is 75.7. The molecule has 0 aromatic carbocycles. The van der Waals surface area contributed by atoms with E-state index in [1.807, 2.05) is 7.05 Å². The summed E-state index contributed by atoms with van der Waals surface area (Å²) in [6.45, 7) is 4.67. The first-order chi connectivity index (χ1) is 4.76. The summed E-state index contributed by atoms with van der Waals surface area (Å²) in [6, 6.07) is 0.481. The quantitative estimate of drug-likeness (QED) is 0.605. The van der Waals surface area contributed by atoms with Crippen LogP contribution in [0.4, 0.5) is 0 Å². The topological polar surface area (TPSA) is 32.3 Å². The molecule has 10 heavy (non-hydrogen) atoms. The third-order valence-electron chi connectivity index (χ3n) is 2.14. The molecule has 2 N–H and O–H groups in total. The van der Waals surface area contributed by atoms with E-state index in [4.69, 9.17) is 5.11 Å². The van der Waals surface area contributed by atoms with Crippen molar-refractivity contribution in [2.75, 3.05) is 13.7 Å². The Morgan fingerprint density at radius 1 is 1.50 bits per heavy atom. The molecule has 0 fully saturated rings. The maximum atomic E-state index is 8.67. The van der Waals surface area contributed by atoms with Crippen molar-refractivity contribution in [3.8, 4) is 0 Å². The monoisotopic (exact) mass is 145 g/mol. The number of hydrogen-bond acceptors (Lipinski definition) is 2. The molecule has 0 bridgehead atoms. The van der Waals surface area contributed by atoms with Crippen LogP contribution in [-0.4, -0.2) is 24.8 Å². The second-order valence-corrected chi connectivity index (χ2v) is 2.79. The molecule has 0 rings (SSSR count). The van der Waals surface area contributed by atoms with Crippen molar-refractivity contribution in [3.63, 3.8) is 0 Å². The zero-order valence-electron chi connectivity index (χ0n) is 7.22. The Balaban J connectivity index is 3.56. The van der Waals surface area contributed by atoms with Gasteiger partial charge < -0.3 is 10.4 Å². The highest BCUT2D eigenvalue weighted by molar-refractivity contribution is 4.69. The number of aliphatic hydroxyl groups is 1. The molecule has 2 atom stereocenters. The zero-order valence-corrected chi connectivity index (χ0v) is 7.22. The third-order valence-corrected chi connectivity index (χ3v) is 2.14. The van der Waals surface area contributed by atoms with Crippen molar-refractivity contribution in [2.45, 2.75) is 32.7 Å². The zero-order chi connectivity index (χ0) is 7.98. The summed E-state index contributed by atoms with van der Waals surface area (Å²) in [5.74, 6) is 0.664. The lowest BCUT2D eigenvalue weighted by atomic mass is 9.97. The molecule has 0 aliphatic heterocycles. The molecule has 2 nitrogen and oxygen atoms in total. The lowest BCUT2D eigenvalue weighted by Crippen LogP contribution is -2.32. The summed E-state index contributed by atoms with van der Waals surface area (Å²) < 4.78 is 0. The van der Waals surface area contributed by atoms with Gasteiger partial charge in [-0.15, -0.1) is 0 Å². The molecule has 0 heterocycles. The lowest BCUT2D eigenvalue weighted by Gasteiger charge is -2.20. The van der Waals surface area contributed by atoms with Gasteiger partial charge in [0.2, 0.25) is 0 Å². The van der Waals surface area contributed by atoms with E-state index in [2.05, 4.69) is 19.2 Å². The van der Waals surface area contributed by atoms with Crippen LogP contribution in [0.2, 0.25) is 0 Å². The van der Waals surface area contributed by atoms with E-state index in [0.717, 1.165) is 6.42 Å². The van der Waals surface area contributed by atoms with E-state index in [0.29, 0.717) is 12.0 Å². The highest BCUT2D eigenvalue weighted by atomic mass is 16.3. The number of nitrogens with one attached hydrogen (secondary N) is 1. The largest absolute Gasteiger partial charge is 0.396 e. The predicted molar refractivity (Wildman–Crippen MR) is 44.0 cm³/mol. The lowest BCUT2D eigenvalue weighted by molar-refractivity contribution is 0.243. The molecular formula is C8H19NO. The van der Waals surface area contributed by atoms with Crippen molar-refractivity contribution >= 4 is 0 Å². The molecule has 0 spiro atoms. The Hall–Kier alpha value is -0.0800. The van der Waals surface area contributed by atoms with Crippen LogP contribution in [0.15, 0.2) is 0 Å². The summed E-state index contributed by atoms with van der Waals surface area (Å²) >= 11 is 0. The van der Waals surface area contributed by atoms with Crippen LogP contribution in [0.25, 0.3) is 0 Å². The summed E-state index contributed by atoms with van der Waals surface area (Å²) in [4.78, 5) is 0. The molecule has 62 valence electrons. The van der Waals surface area contributed by atoms with E-state index in [-0.39, 0.29) is 6.61 Å². The van der Waals surface area contributed by atoms with E-state index < -0.39 is 0 Å². The van der Waals surface area contributed by atoms with Crippen molar-refractivity contribution in [1.29, 1.82) is 0 Å². The van der Waals surface area contributed by atoms with Gasteiger partial charge in [-0.1, -0.05) is 20.3 Å². The average Bonchev–Trinajstić information content (AvgIpc) is 1.99. The maximum Gasteiger partial charge on any atom is 0.0445 e. The van der Waals surface area contributed by atoms with Gasteiger partial charge in [0.05, 0.1) is 0 Å². The van der Waals surface area contributed by atoms with Gasteiger partial charge in [-0.3, -0.25) is 0 Å². The van der Waals surface area contributed by atoms with Crippen LogP contribution in [0.5, 0.6) is 0 Å². The van der Waals surface area contributed by atoms with Crippen LogP contribution in [0.1, 0.15) is 26.7 Å². The first kappa shape index (κ1) is 9.92. The Morgan fingerprint density at radius 3 is 2.40 bits per heavy atom. The van der Waals surface area contributed by atoms with Crippen LogP contribution < -0.4 is 5.32 Å². The third kappa shape index (κ3) is 3.18. The highest BCUT2D eigenvalue weighted by Gasteiger charge is 2.11. The smallest absolute Gasteiger partial charge is 0.0445 e. The van der Waals surface area contributed by atoms with Gasteiger partial charge in [0.1, 0.15) is 0 Å². The first-order valence-electron chi connectivity index (χ1n) is 4.04. The molecule has 0 aliphatic carbocycles. The Labute approximate surface area is 63.6 Å². The minimum absolute atomic E-state index is 0.288. The van der Waals surface area contributed by atoms with E-state index in [1.54, 1.807) is 0 Å².